The third-order valence-corrected chi connectivity index (χ3v) is 1.56. The van der Waals surface area contributed by atoms with Crippen molar-refractivity contribution in [3.8, 4) is 0 Å². The Labute approximate surface area is 77.9 Å². The molecule has 4 nitrogen and oxygen atoms in total. The van der Waals surface area contributed by atoms with E-state index in [0.29, 0.717) is 0 Å². The molecule has 0 saturated carbocycles. The molecular formula is C9H14N4. The van der Waals surface area contributed by atoms with Crippen LogP contribution in [-0.2, 0) is 13.6 Å². The molecule has 0 radical (unpaired) electrons. The number of nitrogens with zero attached hydrogens (tertiary/aromatic N) is 4. The Balaban J connectivity index is 0.000000132. The van der Waals surface area contributed by atoms with Crippen LogP contribution in [-0.4, -0.2) is 19.1 Å². The summed E-state index contributed by atoms with van der Waals surface area (Å²) in [6.07, 6.45) is 10.9. The molecule has 0 saturated heterocycles. The summed E-state index contributed by atoms with van der Waals surface area (Å²) in [7, 11) is 1.94. The standard InChI is InChI=1S/C5H8N2.C4H6N2/c1-2-7-4-3-6-5-7;1-6-3-2-5-4-6/h3-5H,2H2,1H3;2-4H,1H3. The molecule has 70 valence electrons. The molecule has 0 fully saturated rings. The Morgan fingerprint density at radius 3 is 2.00 bits per heavy atom. The van der Waals surface area contributed by atoms with Gasteiger partial charge in [-0.1, -0.05) is 0 Å². The lowest BCUT2D eigenvalue weighted by Gasteiger charge is -1.87. The lowest BCUT2D eigenvalue weighted by atomic mass is 10.7. The fraction of sp³-hybridized carbons (Fsp3) is 0.333. The van der Waals surface area contributed by atoms with E-state index in [0.717, 1.165) is 6.54 Å². The Kier molecular flexibility index (Phi) is 3.75. The highest BCUT2D eigenvalue weighted by atomic mass is 15.0. The first-order valence-corrected chi connectivity index (χ1v) is 4.20. The van der Waals surface area contributed by atoms with Crippen molar-refractivity contribution >= 4 is 0 Å². The van der Waals surface area contributed by atoms with Gasteiger partial charge in [0.15, 0.2) is 0 Å². The number of aromatic nitrogens is 4. The van der Waals surface area contributed by atoms with Crippen molar-refractivity contribution in [1.29, 1.82) is 0 Å². The summed E-state index contributed by atoms with van der Waals surface area (Å²) in [5, 5.41) is 0. The van der Waals surface area contributed by atoms with E-state index in [-0.39, 0.29) is 0 Å². The van der Waals surface area contributed by atoms with E-state index in [4.69, 9.17) is 0 Å². The summed E-state index contributed by atoms with van der Waals surface area (Å²) in [6, 6.07) is 0. The van der Waals surface area contributed by atoms with Gasteiger partial charge < -0.3 is 9.13 Å². The van der Waals surface area contributed by atoms with Crippen LogP contribution in [0.2, 0.25) is 0 Å². The molecule has 0 aliphatic heterocycles. The first kappa shape index (κ1) is 9.51. The summed E-state index contributed by atoms with van der Waals surface area (Å²) in [5.41, 5.74) is 0. The summed E-state index contributed by atoms with van der Waals surface area (Å²) in [5.74, 6) is 0. The van der Waals surface area contributed by atoms with Gasteiger partial charge in [0.1, 0.15) is 0 Å². The average Bonchev–Trinajstić information content (AvgIpc) is 2.76. The molecule has 2 aromatic rings. The molecule has 0 aromatic carbocycles. The molecule has 13 heavy (non-hydrogen) atoms. The Morgan fingerprint density at radius 1 is 1.08 bits per heavy atom. The predicted octanol–water partition coefficient (Wildman–Crippen LogP) is 1.32. The monoisotopic (exact) mass is 178 g/mol. The number of hydrogen-bond acceptors (Lipinski definition) is 2. The lowest BCUT2D eigenvalue weighted by Crippen LogP contribution is -1.85. The molecular weight excluding hydrogens is 164 g/mol. The van der Waals surface area contributed by atoms with Gasteiger partial charge in [-0.15, -0.1) is 0 Å². The van der Waals surface area contributed by atoms with Gasteiger partial charge in [0.05, 0.1) is 12.7 Å². The van der Waals surface area contributed by atoms with E-state index < -0.39 is 0 Å². The molecule has 2 heterocycles. The maximum atomic E-state index is 3.86. The van der Waals surface area contributed by atoms with E-state index in [1.807, 2.05) is 28.6 Å². The Morgan fingerprint density at radius 2 is 1.77 bits per heavy atom. The number of imidazole rings is 2. The van der Waals surface area contributed by atoms with Gasteiger partial charge in [0.2, 0.25) is 0 Å². The van der Waals surface area contributed by atoms with Crippen LogP contribution in [0.4, 0.5) is 0 Å². The normalized spacial score (nSPS) is 9.08. The molecule has 0 atom stereocenters. The first-order valence-electron chi connectivity index (χ1n) is 4.20. The van der Waals surface area contributed by atoms with Crippen LogP contribution in [0, 0.1) is 0 Å². The van der Waals surface area contributed by atoms with Gasteiger partial charge in [-0.3, -0.25) is 0 Å². The van der Waals surface area contributed by atoms with Crippen molar-refractivity contribution in [1.82, 2.24) is 19.1 Å². The predicted molar refractivity (Wildman–Crippen MR) is 51.1 cm³/mol. The van der Waals surface area contributed by atoms with Crippen molar-refractivity contribution in [2.75, 3.05) is 0 Å². The fourth-order valence-electron chi connectivity index (χ4n) is 0.800. The van der Waals surface area contributed by atoms with E-state index in [1.54, 1.807) is 25.0 Å². The minimum absolute atomic E-state index is 1.01. The molecule has 0 amide bonds. The van der Waals surface area contributed by atoms with Crippen LogP contribution >= 0.6 is 0 Å². The average molecular weight is 178 g/mol. The largest absolute Gasteiger partial charge is 0.341 e. The summed E-state index contributed by atoms with van der Waals surface area (Å²) in [4.78, 5) is 7.64. The molecule has 0 bridgehead atoms. The van der Waals surface area contributed by atoms with Crippen molar-refractivity contribution < 1.29 is 0 Å². The van der Waals surface area contributed by atoms with Crippen LogP contribution in [0.5, 0.6) is 0 Å². The zero-order chi connectivity index (χ0) is 9.52. The van der Waals surface area contributed by atoms with Crippen LogP contribution in [0.15, 0.2) is 37.4 Å². The van der Waals surface area contributed by atoms with Crippen molar-refractivity contribution in [3.63, 3.8) is 0 Å². The van der Waals surface area contributed by atoms with Gasteiger partial charge in [-0.05, 0) is 6.92 Å². The lowest BCUT2D eigenvalue weighted by molar-refractivity contribution is 0.761. The van der Waals surface area contributed by atoms with Crippen molar-refractivity contribution in [2.24, 2.45) is 7.05 Å². The van der Waals surface area contributed by atoms with Crippen LogP contribution in [0.25, 0.3) is 0 Å². The molecule has 0 N–H and O–H groups in total. The highest BCUT2D eigenvalue weighted by molar-refractivity contribution is 4.72. The van der Waals surface area contributed by atoms with E-state index in [9.17, 15) is 0 Å². The van der Waals surface area contributed by atoms with Crippen LogP contribution in [0.1, 0.15) is 6.92 Å². The minimum atomic E-state index is 1.01. The second kappa shape index (κ2) is 5.13. The van der Waals surface area contributed by atoms with E-state index in [2.05, 4.69) is 16.9 Å². The van der Waals surface area contributed by atoms with Crippen molar-refractivity contribution in [2.45, 2.75) is 13.5 Å². The van der Waals surface area contributed by atoms with Gasteiger partial charge in [-0.2, -0.15) is 0 Å². The summed E-state index contributed by atoms with van der Waals surface area (Å²) < 4.78 is 3.90. The molecule has 0 spiro atoms. The zero-order valence-corrected chi connectivity index (χ0v) is 7.96. The van der Waals surface area contributed by atoms with Gasteiger partial charge in [0, 0.05) is 38.4 Å². The quantitative estimate of drug-likeness (QED) is 0.660. The molecule has 2 aromatic heterocycles. The van der Waals surface area contributed by atoms with Crippen LogP contribution in [0.3, 0.4) is 0 Å². The zero-order valence-electron chi connectivity index (χ0n) is 7.96. The molecule has 4 heteroatoms. The third kappa shape index (κ3) is 3.55. The first-order chi connectivity index (χ1) is 6.33. The minimum Gasteiger partial charge on any atom is -0.341 e. The van der Waals surface area contributed by atoms with E-state index >= 15 is 0 Å². The highest BCUT2D eigenvalue weighted by Gasteiger charge is 1.77. The Bertz CT molecular complexity index is 296. The maximum absolute atomic E-state index is 3.86. The third-order valence-electron chi connectivity index (χ3n) is 1.56. The number of hydrogen-bond donors (Lipinski definition) is 0. The molecule has 2 rings (SSSR count). The van der Waals surface area contributed by atoms with Gasteiger partial charge in [-0.25, -0.2) is 9.97 Å². The smallest absolute Gasteiger partial charge is 0.0945 e. The van der Waals surface area contributed by atoms with Gasteiger partial charge in [0.25, 0.3) is 0 Å². The SMILES string of the molecule is CCn1ccnc1.Cn1ccnc1. The number of rotatable bonds is 1. The molecule has 0 aliphatic rings. The van der Waals surface area contributed by atoms with Crippen molar-refractivity contribution in [3.05, 3.63) is 37.4 Å². The second-order valence-corrected chi connectivity index (χ2v) is 2.62. The summed E-state index contributed by atoms with van der Waals surface area (Å²) in [6.45, 7) is 3.10. The van der Waals surface area contributed by atoms with Crippen LogP contribution < -0.4 is 0 Å². The fourth-order valence-corrected chi connectivity index (χ4v) is 0.800. The molecule has 0 aliphatic carbocycles. The number of aryl methyl sites for hydroxylation is 2. The molecule has 0 unspecified atom stereocenters. The topological polar surface area (TPSA) is 35.6 Å². The van der Waals surface area contributed by atoms with E-state index in [1.165, 1.54) is 0 Å². The Hall–Kier alpha value is -1.58. The second-order valence-electron chi connectivity index (χ2n) is 2.62. The summed E-state index contributed by atoms with van der Waals surface area (Å²) >= 11 is 0. The van der Waals surface area contributed by atoms with Gasteiger partial charge >= 0.3 is 0 Å². The maximum Gasteiger partial charge on any atom is 0.0945 e. The highest BCUT2D eigenvalue weighted by Crippen LogP contribution is 1.81.